The minimum atomic E-state index is 0. The Kier molecular flexibility index (Phi) is 25.3. The number of thiocarbonyl (C=S) groups is 1. The Morgan fingerprint density at radius 2 is 0.875 bits per heavy atom. The van der Waals surface area contributed by atoms with Crippen LogP contribution in [0, 0.1) is 35.5 Å². The van der Waals surface area contributed by atoms with Gasteiger partial charge in [-0.05, 0) is 35.0 Å². The molecule has 0 heterocycles. The van der Waals surface area contributed by atoms with Gasteiger partial charge in [0.1, 0.15) is 5.78 Å². The van der Waals surface area contributed by atoms with Gasteiger partial charge in [0.15, 0.2) is 0 Å². The van der Waals surface area contributed by atoms with Gasteiger partial charge in [-0.2, -0.15) is 0 Å². The van der Waals surface area contributed by atoms with Crippen LogP contribution in [0.2, 0.25) is 0 Å². The summed E-state index contributed by atoms with van der Waals surface area (Å²) >= 11 is 5.10. The van der Waals surface area contributed by atoms with Crippen molar-refractivity contribution >= 4 is 22.9 Å². The zero-order chi connectivity index (χ0) is 19.3. The molecule has 0 atom stereocenters. The van der Waals surface area contributed by atoms with Gasteiger partial charge in [0.05, 0.1) is 0 Å². The summed E-state index contributed by atoms with van der Waals surface area (Å²) in [7, 11) is 0. The van der Waals surface area contributed by atoms with Crippen LogP contribution >= 0.6 is 12.2 Å². The summed E-state index contributed by atoms with van der Waals surface area (Å²) in [5.74, 6) is 3.66. The van der Waals surface area contributed by atoms with E-state index in [4.69, 9.17) is 12.2 Å². The second kappa shape index (κ2) is 18.6. The first-order valence-electron chi connectivity index (χ1n) is 9.31. The standard InChI is InChI=1S/C7H14O.C7H14S.C7H16.Y/c2*1-5(2)7(8)6(3)4;1-6(2)5-7(3)4;/h2*5-6H,1-4H3;6-7H,5H2,1-4H3;. The number of hydrogen-bond donors (Lipinski definition) is 0. The molecule has 0 aliphatic carbocycles. The van der Waals surface area contributed by atoms with E-state index in [-0.39, 0.29) is 44.5 Å². The van der Waals surface area contributed by atoms with Crippen molar-refractivity contribution < 1.29 is 37.5 Å². The van der Waals surface area contributed by atoms with Crippen LogP contribution in [0.3, 0.4) is 0 Å². The van der Waals surface area contributed by atoms with Gasteiger partial charge in [-0.3, -0.25) is 4.79 Å². The zero-order valence-electron chi connectivity index (χ0n) is 18.6. The quantitative estimate of drug-likeness (QED) is 0.411. The van der Waals surface area contributed by atoms with Crippen LogP contribution in [0.15, 0.2) is 0 Å². The van der Waals surface area contributed by atoms with E-state index >= 15 is 0 Å². The molecule has 1 nitrogen and oxygen atoms in total. The Hall–Kier alpha value is 0.864. The molecule has 0 saturated carbocycles. The van der Waals surface area contributed by atoms with Crippen LogP contribution in [0.1, 0.15) is 89.5 Å². The normalized spacial score (nSPS) is 10.4. The molecule has 143 valence electrons. The molecular formula is C21H44OSY. The van der Waals surface area contributed by atoms with Gasteiger partial charge in [-0.1, -0.05) is 95.3 Å². The van der Waals surface area contributed by atoms with Gasteiger partial charge >= 0.3 is 0 Å². The van der Waals surface area contributed by atoms with Crippen molar-refractivity contribution in [2.75, 3.05) is 0 Å². The van der Waals surface area contributed by atoms with Crippen molar-refractivity contribution in [2.24, 2.45) is 35.5 Å². The third-order valence-electron chi connectivity index (χ3n) is 3.22. The smallest absolute Gasteiger partial charge is 0.137 e. The maximum absolute atomic E-state index is 10.8. The van der Waals surface area contributed by atoms with Crippen LogP contribution in [-0.2, 0) is 37.5 Å². The van der Waals surface area contributed by atoms with Gasteiger partial charge in [-0.15, -0.1) is 0 Å². The van der Waals surface area contributed by atoms with E-state index in [1.165, 1.54) is 11.3 Å². The molecule has 0 saturated heterocycles. The van der Waals surface area contributed by atoms with Gasteiger partial charge < -0.3 is 0 Å². The molecular weight excluding hydrogens is 389 g/mol. The molecule has 3 heteroatoms. The Balaban J connectivity index is -0.000000123. The van der Waals surface area contributed by atoms with Gasteiger partial charge in [-0.25, -0.2) is 0 Å². The largest absolute Gasteiger partial charge is 0.299 e. The average molecular weight is 434 g/mol. The molecule has 1 radical (unpaired) electrons. The van der Waals surface area contributed by atoms with E-state index in [0.717, 1.165) is 11.8 Å². The first kappa shape index (κ1) is 32.5. The van der Waals surface area contributed by atoms with Crippen molar-refractivity contribution in [1.82, 2.24) is 0 Å². The third-order valence-corrected chi connectivity index (χ3v) is 4.16. The predicted octanol–water partition coefficient (Wildman–Crippen LogP) is 7.22. The molecule has 0 N–H and O–H groups in total. The molecule has 0 aromatic heterocycles. The van der Waals surface area contributed by atoms with Crippen LogP contribution in [0.5, 0.6) is 0 Å². The Morgan fingerprint density at radius 1 is 0.625 bits per heavy atom. The molecule has 0 bridgehead atoms. The maximum atomic E-state index is 10.8. The van der Waals surface area contributed by atoms with E-state index < -0.39 is 0 Å². The molecule has 24 heavy (non-hydrogen) atoms. The number of carbonyl (C=O) groups is 1. The topological polar surface area (TPSA) is 17.1 Å². The summed E-state index contributed by atoms with van der Waals surface area (Å²) in [6.45, 7) is 25.4. The van der Waals surface area contributed by atoms with E-state index in [1.54, 1.807) is 0 Å². The molecule has 0 amide bonds. The van der Waals surface area contributed by atoms with E-state index in [9.17, 15) is 4.79 Å². The van der Waals surface area contributed by atoms with Crippen LogP contribution in [-0.4, -0.2) is 10.6 Å². The average Bonchev–Trinajstić information content (AvgIpc) is 2.36. The Morgan fingerprint density at radius 3 is 0.875 bits per heavy atom. The molecule has 0 rings (SSSR count). The number of carbonyl (C=O) groups excluding carboxylic acids is 1. The Bertz CT molecular complexity index is 255. The molecule has 0 fully saturated rings. The van der Waals surface area contributed by atoms with Crippen molar-refractivity contribution in [1.29, 1.82) is 0 Å². The molecule has 0 aliphatic rings. The zero-order valence-corrected chi connectivity index (χ0v) is 22.2. The molecule has 0 aliphatic heterocycles. The number of rotatable bonds is 6. The second-order valence-electron chi connectivity index (χ2n) is 8.45. The fourth-order valence-corrected chi connectivity index (χ4v) is 2.28. The SMILES string of the molecule is CC(C)C(=O)C(C)C.CC(C)C(=S)C(C)C.CC(C)CC(C)C.[Y]. The summed E-state index contributed by atoms with van der Waals surface area (Å²) in [5, 5.41) is 0. The molecule has 0 unspecified atom stereocenters. The summed E-state index contributed by atoms with van der Waals surface area (Å²) in [5.41, 5.74) is 0. The van der Waals surface area contributed by atoms with Crippen LogP contribution in [0.25, 0.3) is 0 Å². The Labute approximate surface area is 184 Å². The first-order valence-corrected chi connectivity index (χ1v) is 9.72. The van der Waals surface area contributed by atoms with E-state index in [2.05, 4.69) is 55.4 Å². The van der Waals surface area contributed by atoms with Crippen molar-refractivity contribution in [3.63, 3.8) is 0 Å². The number of hydrogen-bond acceptors (Lipinski definition) is 2. The minimum Gasteiger partial charge on any atom is -0.299 e. The summed E-state index contributed by atoms with van der Waals surface area (Å²) < 4.78 is 0. The third kappa shape index (κ3) is 25.1. The van der Waals surface area contributed by atoms with Crippen molar-refractivity contribution in [2.45, 2.75) is 89.5 Å². The van der Waals surface area contributed by atoms with Gasteiger partial charge in [0.25, 0.3) is 0 Å². The van der Waals surface area contributed by atoms with Gasteiger partial charge in [0, 0.05) is 44.5 Å². The molecule has 0 aromatic rings. The van der Waals surface area contributed by atoms with E-state index in [0.29, 0.717) is 17.6 Å². The predicted molar refractivity (Wildman–Crippen MR) is 111 cm³/mol. The summed E-state index contributed by atoms with van der Waals surface area (Å²) in [4.78, 5) is 12.0. The number of Topliss-reactive ketones (excluding diaryl/α,β-unsaturated/α-hetero) is 1. The molecule has 0 spiro atoms. The first-order chi connectivity index (χ1) is 10.2. The summed E-state index contributed by atoms with van der Waals surface area (Å²) in [6, 6.07) is 0. The fraction of sp³-hybridized carbons (Fsp3) is 0.905. The minimum absolute atomic E-state index is 0. The maximum Gasteiger partial charge on any atom is 0.137 e. The van der Waals surface area contributed by atoms with Gasteiger partial charge in [0.2, 0.25) is 0 Å². The second-order valence-corrected chi connectivity index (χ2v) is 8.92. The van der Waals surface area contributed by atoms with Crippen molar-refractivity contribution in [3.05, 3.63) is 0 Å². The molecule has 0 aromatic carbocycles. The number of ketones is 1. The monoisotopic (exact) mass is 433 g/mol. The van der Waals surface area contributed by atoms with Crippen LogP contribution in [0.4, 0.5) is 0 Å². The van der Waals surface area contributed by atoms with Crippen LogP contribution < -0.4 is 0 Å². The van der Waals surface area contributed by atoms with Crippen molar-refractivity contribution in [3.8, 4) is 0 Å². The van der Waals surface area contributed by atoms with E-state index in [1.807, 2.05) is 27.7 Å². The fourth-order valence-electron chi connectivity index (χ4n) is 2.28. The summed E-state index contributed by atoms with van der Waals surface area (Å²) in [6.07, 6.45) is 1.36.